The van der Waals surface area contributed by atoms with E-state index in [0.717, 1.165) is 17.0 Å². The lowest BCUT2D eigenvalue weighted by Gasteiger charge is -2.02. The summed E-state index contributed by atoms with van der Waals surface area (Å²) in [4.78, 5) is 8.85. The smallest absolute Gasteiger partial charge is 0.159 e. The molecule has 0 aliphatic heterocycles. The van der Waals surface area contributed by atoms with E-state index in [0.29, 0.717) is 12.5 Å². The molecule has 86 valence electrons. The van der Waals surface area contributed by atoms with Crippen molar-refractivity contribution in [2.24, 2.45) is 5.73 Å². The van der Waals surface area contributed by atoms with Crippen molar-refractivity contribution in [1.29, 1.82) is 0 Å². The minimum atomic E-state index is 0.571. The normalized spacial score (nSPS) is 14.9. The van der Waals surface area contributed by atoms with Crippen LogP contribution in [0.25, 0.3) is 11.4 Å². The minimum Gasteiger partial charge on any atom is -0.326 e. The molecule has 1 aromatic carbocycles. The molecule has 2 N–H and O–H groups in total. The maximum absolute atomic E-state index is 5.57. The van der Waals surface area contributed by atoms with Crippen LogP contribution in [0.15, 0.2) is 36.7 Å². The molecule has 0 bridgehead atoms. The first-order valence-electron chi connectivity index (χ1n) is 5.98. The average molecular weight is 225 g/mol. The summed E-state index contributed by atoms with van der Waals surface area (Å²) in [6.45, 7) is 0.571. The SMILES string of the molecule is NCc1ccc(-c2ncc(C3CC3)cn2)cc1. The molecule has 1 aliphatic carbocycles. The van der Waals surface area contributed by atoms with Crippen molar-refractivity contribution in [3.8, 4) is 11.4 Å². The molecule has 1 aliphatic rings. The Morgan fingerprint density at radius 3 is 2.24 bits per heavy atom. The molecule has 17 heavy (non-hydrogen) atoms. The molecule has 1 aromatic heterocycles. The Labute approximate surface area is 101 Å². The van der Waals surface area contributed by atoms with Crippen molar-refractivity contribution in [3.63, 3.8) is 0 Å². The third kappa shape index (κ3) is 2.19. The maximum Gasteiger partial charge on any atom is 0.159 e. The van der Waals surface area contributed by atoms with Gasteiger partial charge < -0.3 is 5.73 Å². The quantitative estimate of drug-likeness (QED) is 0.873. The van der Waals surface area contributed by atoms with Gasteiger partial charge in [0, 0.05) is 24.5 Å². The van der Waals surface area contributed by atoms with Crippen molar-refractivity contribution in [1.82, 2.24) is 9.97 Å². The highest BCUT2D eigenvalue weighted by atomic mass is 14.9. The number of benzene rings is 1. The lowest BCUT2D eigenvalue weighted by Crippen LogP contribution is -1.96. The maximum atomic E-state index is 5.57. The van der Waals surface area contributed by atoms with Crippen LogP contribution in [-0.4, -0.2) is 9.97 Å². The van der Waals surface area contributed by atoms with Crippen LogP contribution < -0.4 is 5.73 Å². The fourth-order valence-electron chi connectivity index (χ4n) is 1.90. The van der Waals surface area contributed by atoms with Gasteiger partial charge in [-0.2, -0.15) is 0 Å². The predicted molar refractivity (Wildman–Crippen MR) is 67.3 cm³/mol. The summed E-state index contributed by atoms with van der Waals surface area (Å²) in [5, 5.41) is 0. The molecular formula is C14H15N3. The number of rotatable bonds is 3. The van der Waals surface area contributed by atoms with Crippen LogP contribution in [0.5, 0.6) is 0 Å². The Morgan fingerprint density at radius 2 is 1.71 bits per heavy atom. The first-order chi connectivity index (χ1) is 8.36. The van der Waals surface area contributed by atoms with Crippen LogP contribution in [-0.2, 0) is 6.54 Å². The molecule has 3 heteroatoms. The molecule has 1 heterocycles. The van der Waals surface area contributed by atoms with Crippen molar-refractivity contribution >= 4 is 0 Å². The predicted octanol–water partition coefficient (Wildman–Crippen LogP) is 2.48. The summed E-state index contributed by atoms with van der Waals surface area (Å²) in [5.41, 5.74) is 9.01. The molecule has 0 saturated heterocycles. The van der Waals surface area contributed by atoms with Crippen molar-refractivity contribution in [2.45, 2.75) is 25.3 Å². The molecular weight excluding hydrogens is 210 g/mol. The van der Waals surface area contributed by atoms with Crippen LogP contribution in [0.3, 0.4) is 0 Å². The minimum absolute atomic E-state index is 0.571. The highest BCUT2D eigenvalue weighted by Gasteiger charge is 2.23. The van der Waals surface area contributed by atoms with E-state index in [2.05, 4.69) is 9.97 Å². The van der Waals surface area contributed by atoms with Crippen LogP contribution in [0, 0.1) is 0 Å². The molecule has 0 spiro atoms. The van der Waals surface area contributed by atoms with E-state index in [1.165, 1.54) is 18.4 Å². The van der Waals surface area contributed by atoms with Crippen molar-refractivity contribution in [3.05, 3.63) is 47.8 Å². The van der Waals surface area contributed by atoms with Gasteiger partial charge in [0.25, 0.3) is 0 Å². The van der Waals surface area contributed by atoms with Gasteiger partial charge in [-0.05, 0) is 29.9 Å². The summed E-state index contributed by atoms with van der Waals surface area (Å²) in [7, 11) is 0. The Bertz CT molecular complexity index is 498. The molecule has 3 nitrogen and oxygen atoms in total. The Morgan fingerprint density at radius 1 is 1.06 bits per heavy atom. The second-order valence-electron chi connectivity index (χ2n) is 4.52. The van der Waals surface area contributed by atoms with E-state index in [-0.39, 0.29) is 0 Å². The monoisotopic (exact) mass is 225 g/mol. The van der Waals surface area contributed by atoms with Crippen LogP contribution >= 0.6 is 0 Å². The van der Waals surface area contributed by atoms with Gasteiger partial charge >= 0.3 is 0 Å². The van der Waals surface area contributed by atoms with Gasteiger partial charge in [-0.1, -0.05) is 24.3 Å². The lowest BCUT2D eigenvalue weighted by atomic mass is 10.1. The van der Waals surface area contributed by atoms with E-state index < -0.39 is 0 Å². The summed E-state index contributed by atoms with van der Waals surface area (Å²) in [6, 6.07) is 8.09. The van der Waals surface area contributed by atoms with E-state index in [4.69, 9.17) is 5.73 Å². The standard InChI is InChI=1S/C14H15N3/c15-7-10-1-3-12(4-2-10)14-16-8-13(9-17-14)11-5-6-11/h1-4,8-9,11H,5-7,15H2. The summed E-state index contributed by atoms with van der Waals surface area (Å²) in [6.07, 6.45) is 6.48. The van der Waals surface area contributed by atoms with E-state index in [9.17, 15) is 0 Å². The molecule has 2 aromatic rings. The average Bonchev–Trinajstić information content (AvgIpc) is 3.24. The van der Waals surface area contributed by atoms with Gasteiger partial charge in [-0.15, -0.1) is 0 Å². The van der Waals surface area contributed by atoms with Gasteiger partial charge in [-0.25, -0.2) is 9.97 Å². The highest BCUT2D eigenvalue weighted by molar-refractivity contribution is 5.55. The zero-order valence-corrected chi connectivity index (χ0v) is 9.63. The molecule has 1 fully saturated rings. The Balaban J connectivity index is 1.86. The van der Waals surface area contributed by atoms with Crippen molar-refractivity contribution in [2.75, 3.05) is 0 Å². The Hall–Kier alpha value is -1.74. The summed E-state index contributed by atoms with van der Waals surface area (Å²) < 4.78 is 0. The van der Waals surface area contributed by atoms with Crippen LogP contribution in [0.4, 0.5) is 0 Å². The largest absolute Gasteiger partial charge is 0.326 e. The molecule has 0 atom stereocenters. The number of nitrogens with two attached hydrogens (primary N) is 1. The van der Waals surface area contributed by atoms with Gasteiger partial charge in [0.1, 0.15) is 0 Å². The van der Waals surface area contributed by atoms with Crippen LogP contribution in [0.1, 0.15) is 29.9 Å². The molecule has 3 rings (SSSR count). The van der Waals surface area contributed by atoms with E-state index in [1.807, 2.05) is 36.7 Å². The highest BCUT2D eigenvalue weighted by Crippen LogP contribution is 2.39. The summed E-state index contributed by atoms with van der Waals surface area (Å²) >= 11 is 0. The third-order valence-corrected chi connectivity index (χ3v) is 3.17. The second kappa shape index (κ2) is 4.26. The number of hydrogen-bond donors (Lipinski definition) is 1. The van der Waals surface area contributed by atoms with Gasteiger partial charge in [0.05, 0.1) is 0 Å². The topological polar surface area (TPSA) is 51.8 Å². The lowest BCUT2D eigenvalue weighted by molar-refractivity contribution is 1.04. The van der Waals surface area contributed by atoms with Crippen molar-refractivity contribution < 1.29 is 0 Å². The first-order valence-corrected chi connectivity index (χ1v) is 5.98. The van der Waals surface area contributed by atoms with Gasteiger partial charge in [0.15, 0.2) is 5.82 Å². The third-order valence-electron chi connectivity index (χ3n) is 3.17. The van der Waals surface area contributed by atoms with E-state index >= 15 is 0 Å². The first kappa shape index (κ1) is 10.4. The van der Waals surface area contributed by atoms with Gasteiger partial charge in [0.2, 0.25) is 0 Å². The zero-order valence-electron chi connectivity index (χ0n) is 9.63. The number of aromatic nitrogens is 2. The summed E-state index contributed by atoms with van der Waals surface area (Å²) in [5.74, 6) is 1.50. The van der Waals surface area contributed by atoms with E-state index in [1.54, 1.807) is 0 Å². The number of hydrogen-bond acceptors (Lipinski definition) is 3. The molecule has 0 amide bonds. The second-order valence-corrected chi connectivity index (χ2v) is 4.52. The van der Waals surface area contributed by atoms with Crippen LogP contribution in [0.2, 0.25) is 0 Å². The van der Waals surface area contributed by atoms with Gasteiger partial charge in [-0.3, -0.25) is 0 Å². The molecule has 0 unspecified atom stereocenters. The zero-order chi connectivity index (χ0) is 11.7. The molecule has 0 radical (unpaired) electrons. The fourth-order valence-corrected chi connectivity index (χ4v) is 1.90. The number of nitrogens with zero attached hydrogens (tertiary/aromatic N) is 2. The fraction of sp³-hybridized carbons (Fsp3) is 0.286. The molecule has 1 saturated carbocycles. The Kier molecular flexibility index (Phi) is 2.61.